The molecule has 0 fully saturated rings. The number of amides is 1. The molecule has 0 spiro atoms. The lowest BCUT2D eigenvalue weighted by Gasteiger charge is -2.00. The molecule has 1 amide bonds. The van der Waals surface area contributed by atoms with Gasteiger partial charge in [0.25, 0.3) is 0 Å². The molecule has 5 heteroatoms. The molecule has 1 aromatic heterocycles. The van der Waals surface area contributed by atoms with Crippen molar-refractivity contribution in [3.05, 3.63) is 35.7 Å². The number of benzene rings is 1. The zero-order valence-electron chi connectivity index (χ0n) is 11.8. The second-order valence-corrected chi connectivity index (χ2v) is 4.68. The number of carbonyl (C=O) groups is 1. The number of aryl methyl sites for hydroxylation is 1. The minimum absolute atomic E-state index is 0.0612. The molecule has 2 aromatic rings. The van der Waals surface area contributed by atoms with Crippen LogP contribution in [0.4, 0.5) is 0 Å². The summed E-state index contributed by atoms with van der Waals surface area (Å²) in [4.78, 5) is 15.7. The molecule has 0 radical (unpaired) electrons. The summed E-state index contributed by atoms with van der Waals surface area (Å²) in [6, 6.07) is 7.90. The Labute approximate surface area is 118 Å². The molecule has 0 saturated carbocycles. The first-order chi connectivity index (χ1) is 9.70. The number of hydrogen-bond acceptors (Lipinski definition) is 4. The van der Waals surface area contributed by atoms with Gasteiger partial charge in [-0.1, -0.05) is 36.3 Å². The van der Waals surface area contributed by atoms with Crippen LogP contribution in [-0.2, 0) is 11.2 Å². The molecule has 1 heterocycles. The van der Waals surface area contributed by atoms with Gasteiger partial charge in [0.15, 0.2) is 0 Å². The predicted molar refractivity (Wildman–Crippen MR) is 76.1 cm³/mol. The van der Waals surface area contributed by atoms with E-state index in [1.165, 1.54) is 0 Å². The van der Waals surface area contributed by atoms with E-state index >= 15 is 0 Å². The number of nitrogens with zero attached hydrogens (tertiary/aromatic N) is 2. The lowest BCUT2D eigenvalue weighted by Crippen LogP contribution is -2.25. The maximum absolute atomic E-state index is 11.3. The summed E-state index contributed by atoms with van der Waals surface area (Å²) in [5.74, 6) is 1.20. The first-order valence-corrected chi connectivity index (χ1v) is 6.86. The summed E-state index contributed by atoms with van der Waals surface area (Å²) in [5, 5.41) is 6.81. The first-order valence-electron chi connectivity index (χ1n) is 6.86. The lowest BCUT2D eigenvalue weighted by atomic mass is 10.1. The molecule has 0 aliphatic heterocycles. The van der Waals surface area contributed by atoms with Crippen LogP contribution in [0.15, 0.2) is 28.8 Å². The van der Waals surface area contributed by atoms with Crippen LogP contribution in [-0.4, -0.2) is 22.6 Å². The Morgan fingerprint density at radius 3 is 2.90 bits per heavy atom. The van der Waals surface area contributed by atoms with Crippen molar-refractivity contribution in [2.75, 3.05) is 6.54 Å². The van der Waals surface area contributed by atoms with Crippen molar-refractivity contribution in [3.63, 3.8) is 0 Å². The second-order valence-electron chi connectivity index (χ2n) is 4.68. The zero-order chi connectivity index (χ0) is 14.4. The lowest BCUT2D eigenvalue weighted by molar-refractivity contribution is -0.121. The SMILES string of the molecule is CCCC(=O)NCCc1nc(-c2ccccc2C)no1. The fraction of sp³-hybridized carbons (Fsp3) is 0.400. The highest BCUT2D eigenvalue weighted by Crippen LogP contribution is 2.19. The predicted octanol–water partition coefficient (Wildman–Crippen LogP) is 2.50. The number of carbonyl (C=O) groups excluding carboxylic acids is 1. The van der Waals surface area contributed by atoms with Crippen molar-refractivity contribution in [2.24, 2.45) is 0 Å². The van der Waals surface area contributed by atoms with Crippen molar-refractivity contribution in [2.45, 2.75) is 33.1 Å². The Hall–Kier alpha value is -2.17. The zero-order valence-corrected chi connectivity index (χ0v) is 11.8. The molecule has 20 heavy (non-hydrogen) atoms. The minimum Gasteiger partial charge on any atom is -0.356 e. The van der Waals surface area contributed by atoms with Crippen molar-refractivity contribution in [3.8, 4) is 11.4 Å². The summed E-state index contributed by atoms with van der Waals surface area (Å²) in [7, 11) is 0. The van der Waals surface area contributed by atoms with Gasteiger partial charge in [0.2, 0.25) is 17.6 Å². The molecule has 106 valence electrons. The van der Waals surface area contributed by atoms with Crippen LogP contribution in [0, 0.1) is 6.92 Å². The summed E-state index contributed by atoms with van der Waals surface area (Å²) in [5.41, 5.74) is 2.08. The topological polar surface area (TPSA) is 68.0 Å². The third-order valence-corrected chi connectivity index (χ3v) is 2.99. The second kappa shape index (κ2) is 6.84. The summed E-state index contributed by atoms with van der Waals surface area (Å²) in [6.07, 6.45) is 1.95. The first kappa shape index (κ1) is 14.2. The van der Waals surface area contributed by atoms with Gasteiger partial charge in [0, 0.05) is 24.9 Å². The van der Waals surface area contributed by atoms with E-state index < -0.39 is 0 Å². The normalized spacial score (nSPS) is 10.5. The van der Waals surface area contributed by atoms with E-state index in [0.717, 1.165) is 17.5 Å². The number of hydrogen-bond donors (Lipinski definition) is 1. The Morgan fingerprint density at radius 1 is 1.35 bits per heavy atom. The highest BCUT2D eigenvalue weighted by molar-refractivity contribution is 5.75. The van der Waals surface area contributed by atoms with Crippen LogP contribution >= 0.6 is 0 Å². The maximum atomic E-state index is 11.3. The Balaban J connectivity index is 1.93. The van der Waals surface area contributed by atoms with Gasteiger partial charge >= 0.3 is 0 Å². The molecule has 1 N–H and O–H groups in total. The summed E-state index contributed by atoms with van der Waals surface area (Å²) >= 11 is 0. The smallest absolute Gasteiger partial charge is 0.228 e. The monoisotopic (exact) mass is 273 g/mol. The maximum Gasteiger partial charge on any atom is 0.228 e. The fourth-order valence-electron chi connectivity index (χ4n) is 1.91. The number of rotatable bonds is 6. The van der Waals surface area contributed by atoms with Crippen LogP contribution in [0.25, 0.3) is 11.4 Å². The summed E-state index contributed by atoms with van der Waals surface area (Å²) < 4.78 is 5.20. The standard InChI is InChI=1S/C15H19N3O2/c1-3-6-13(19)16-10-9-14-17-15(18-20-14)12-8-5-4-7-11(12)2/h4-5,7-8H,3,6,9-10H2,1-2H3,(H,16,19). The quantitative estimate of drug-likeness (QED) is 0.878. The number of aromatic nitrogens is 2. The van der Waals surface area contributed by atoms with Gasteiger partial charge in [-0.05, 0) is 18.9 Å². The van der Waals surface area contributed by atoms with Gasteiger partial charge in [-0.3, -0.25) is 4.79 Å². The molecule has 0 aliphatic carbocycles. The van der Waals surface area contributed by atoms with Crippen molar-refractivity contribution in [1.82, 2.24) is 15.5 Å². The average Bonchev–Trinajstić information content (AvgIpc) is 2.88. The Bertz CT molecular complexity index is 578. The molecular formula is C15H19N3O2. The third kappa shape index (κ3) is 3.66. The van der Waals surface area contributed by atoms with Gasteiger partial charge in [0.1, 0.15) is 0 Å². The molecule has 0 aliphatic rings. The molecule has 0 unspecified atom stereocenters. The van der Waals surface area contributed by atoms with Gasteiger partial charge in [-0.2, -0.15) is 4.98 Å². The fourth-order valence-corrected chi connectivity index (χ4v) is 1.91. The van der Waals surface area contributed by atoms with Crippen LogP contribution in [0.5, 0.6) is 0 Å². The molecule has 0 bridgehead atoms. The van der Waals surface area contributed by atoms with Crippen molar-refractivity contribution >= 4 is 5.91 Å². The van der Waals surface area contributed by atoms with E-state index in [9.17, 15) is 4.79 Å². The Kier molecular flexibility index (Phi) is 4.87. The van der Waals surface area contributed by atoms with Crippen LogP contribution in [0.1, 0.15) is 31.2 Å². The van der Waals surface area contributed by atoms with Gasteiger partial charge in [-0.15, -0.1) is 0 Å². The molecule has 0 atom stereocenters. The number of nitrogens with one attached hydrogen (secondary N) is 1. The third-order valence-electron chi connectivity index (χ3n) is 2.99. The molecule has 1 aromatic carbocycles. The van der Waals surface area contributed by atoms with E-state index in [0.29, 0.717) is 31.1 Å². The average molecular weight is 273 g/mol. The van der Waals surface area contributed by atoms with Crippen molar-refractivity contribution < 1.29 is 9.32 Å². The van der Waals surface area contributed by atoms with E-state index in [2.05, 4.69) is 15.5 Å². The van der Waals surface area contributed by atoms with Gasteiger partial charge < -0.3 is 9.84 Å². The summed E-state index contributed by atoms with van der Waals surface area (Å²) in [6.45, 7) is 4.51. The van der Waals surface area contributed by atoms with Gasteiger partial charge in [0.05, 0.1) is 0 Å². The van der Waals surface area contributed by atoms with E-state index in [-0.39, 0.29) is 5.91 Å². The Morgan fingerprint density at radius 2 is 2.15 bits per heavy atom. The van der Waals surface area contributed by atoms with E-state index in [1.54, 1.807) is 0 Å². The molecule has 2 rings (SSSR count). The molecule has 0 saturated heterocycles. The molecular weight excluding hydrogens is 254 g/mol. The largest absolute Gasteiger partial charge is 0.356 e. The van der Waals surface area contributed by atoms with Gasteiger partial charge in [-0.25, -0.2) is 0 Å². The minimum atomic E-state index is 0.0612. The van der Waals surface area contributed by atoms with Crippen LogP contribution < -0.4 is 5.32 Å². The van der Waals surface area contributed by atoms with Crippen LogP contribution in [0.3, 0.4) is 0 Å². The van der Waals surface area contributed by atoms with Crippen molar-refractivity contribution in [1.29, 1.82) is 0 Å². The van der Waals surface area contributed by atoms with E-state index in [1.807, 2.05) is 38.1 Å². The van der Waals surface area contributed by atoms with Crippen LogP contribution in [0.2, 0.25) is 0 Å². The highest BCUT2D eigenvalue weighted by atomic mass is 16.5. The highest BCUT2D eigenvalue weighted by Gasteiger charge is 2.10. The van der Waals surface area contributed by atoms with E-state index in [4.69, 9.17) is 4.52 Å². The molecule has 5 nitrogen and oxygen atoms in total.